The Hall–Kier alpha value is -4.03. The van der Waals surface area contributed by atoms with Crippen LogP contribution >= 0.6 is 0 Å². The molecule has 1 aromatic heterocycles. The molecule has 6 amide bonds. The van der Waals surface area contributed by atoms with E-state index in [1.807, 2.05) is 13.8 Å². The third kappa shape index (κ3) is 8.23. The van der Waals surface area contributed by atoms with Gasteiger partial charge < -0.3 is 31.9 Å². The van der Waals surface area contributed by atoms with Crippen molar-refractivity contribution in [2.75, 3.05) is 13.1 Å². The highest BCUT2D eigenvalue weighted by Crippen LogP contribution is 2.19. The number of carbonyl (C=O) groups is 6. The van der Waals surface area contributed by atoms with Gasteiger partial charge in [-0.3, -0.25) is 33.8 Å². The van der Waals surface area contributed by atoms with Crippen molar-refractivity contribution < 1.29 is 28.8 Å². The smallest absolute Gasteiger partial charge is 0.270 e. The van der Waals surface area contributed by atoms with Crippen molar-refractivity contribution in [1.82, 2.24) is 31.2 Å². The van der Waals surface area contributed by atoms with Crippen LogP contribution in [0.3, 0.4) is 0 Å². The Morgan fingerprint density at radius 1 is 1.08 bits per heavy atom. The standard InChI is InChI=1S/C26H37N7O6/c1-15(2)14-19-25(38)30-16(22(27)35)8-9-21(34)33-13-5-7-20(33)26(39)29-12-10-18(24(37)32-19)31-23(36)17-6-3-4-11-28-17/h3-4,6,11,15-16,18-20H,5,7-10,12-14H2,1-2H3,(H2,27,35)(H,29,39)(H,30,38)(H,31,36)(H,32,37)/t16-,18-,19-,20+/m0/s1. The van der Waals surface area contributed by atoms with E-state index in [9.17, 15) is 28.8 Å². The number of rotatable bonds is 5. The van der Waals surface area contributed by atoms with Crippen LogP contribution in [0.2, 0.25) is 0 Å². The van der Waals surface area contributed by atoms with E-state index >= 15 is 0 Å². The lowest BCUT2D eigenvalue weighted by molar-refractivity contribution is -0.139. The highest BCUT2D eigenvalue weighted by molar-refractivity contribution is 5.98. The van der Waals surface area contributed by atoms with Gasteiger partial charge in [0.2, 0.25) is 29.5 Å². The Kier molecular flexibility index (Phi) is 10.4. The van der Waals surface area contributed by atoms with Crippen LogP contribution in [0.25, 0.3) is 0 Å². The molecule has 4 atom stereocenters. The largest absolute Gasteiger partial charge is 0.368 e. The number of fused-ring (bicyclic) bond motifs is 1. The maximum absolute atomic E-state index is 13.4. The van der Waals surface area contributed by atoms with E-state index in [1.54, 1.807) is 12.1 Å². The summed E-state index contributed by atoms with van der Waals surface area (Å²) in [6, 6.07) is 0.812. The molecule has 3 heterocycles. The van der Waals surface area contributed by atoms with E-state index in [0.717, 1.165) is 0 Å². The van der Waals surface area contributed by atoms with Crippen LogP contribution in [0.5, 0.6) is 0 Å². The maximum Gasteiger partial charge on any atom is 0.270 e. The zero-order chi connectivity index (χ0) is 28.5. The van der Waals surface area contributed by atoms with Gasteiger partial charge in [0.1, 0.15) is 29.9 Å². The summed E-state index contributed by atoms with van der Waals surface area (Å²) >= 11 is 0. The molecule has 2 aliphatic rings. The topological polar surface area (TPSA) is 193 Å². The lowest BCUT2D eigenvalue weighted by atomic mass is 10.0. The molecule has 0 aliphatic carbocycles. The Morgan fingerprint density at radius 3 is 2.51 bits per heavy atom. The molecule has 0 bridgehead atoms. The van der Waals surface area contributed by atoms with Gasteiger partial charge in [-0.25, -0.2) is 0 Å². The average Bonchev–Trinajstić information content (AvgIpc) is 3.39. The zero-order valence-corrected chi connectivity index (χ0v) is 22.3. The van der Waals surface area contributed by atoms with Crippen LogP contribution < -0.4 is 27.0 Å². The summed E-state index contributed by atoms with van der Waals surface area (Å²) < 4.78 is 0. The monoisotopic (exact) mass is 543 g/mol. The van der Waals surface area contributed by atoms with Gasteiger partial charge in [0.15, 0.2) is 0 Å². The normalized spacial score (nSPS) is 25.4. The first-order chi connectivity index (χ1) is 18.6. The zero-order valence-electron chi connectivity index (χ0n) is 22.3. The lowest BCUT2D eigenvalue weighted by Crippen LogP contribution is -2.57. The van der Waals surface area contributed by atoms with Crippen LogP contribution in [0.15, 0.2) is 24.4 Å². The van der Waals surface area contributed by atoms with Crippen molar-refractivity contribution in [2.45, 2.75) is 76.5 Å². The van der Waals surface area contributed by atoms with Crippen LogP contribution in [0, 0.1) is 5.92 Å². The summed E-state index contributed by atoms with van der Waals surface area (Å²) in [4.78, 5) is 82.7. The summed E-state index contributed by atoms with van der Waals surface area (Å²) in [6.07, 6.45) is 2.70. The summed E-state index contributed by atoms with van der Waals surface area (Å²) in [5.74, 6) is -3.34. The highest BCUT2D eigenvalue weighted by atomic mass is 16.2. The summed E-state index contributed by atoms with van der Waals surface area (Å²) in [5, 5.41) is 10.6. The van der Waals surface area contributed by atoms with E-state index in [0.29, 0.717) is 19.4 Å². The minimum Gasteiger partial charge on any atom is -0.368 e. The fourth-order valence-corrected chi connectivity index (χ4v) is 4.74. The number of pyridine rings is 1. The molecule has 0 radical (unpaired) electrons. The quantitative estimate of drug-likeness (QED) is 0.313. The molecule has 2 saturated heterocycles. The van der Waals surface area contributed by atoms with Gasteiger partial charge in [0.25, 0.3) is 5.91 Å². The van der Waals surface area contributed by atoms with Crippen molar-refractivity contribution in [3.8, 4) is 0 Å². The molecule has 3 rings (SSSR count). The molecule has 39 heavy (non-hydrogen) atoms. The minimum atomic E-state index is -1.14. The molecule has 0 unspecified atom stereocenters. The number of amides is 6. The summed E-state index contributed by atoms with van der Waals surface area (Å²) in [5.41, 5.74) is 5.61. The second-order valence-electron chi connectivity index (χ2n) is 10.3. The Morgan fingerprint density at radius 2 is 1.85 bits per heavy atom. The van der Waals surface area contributed by atoms with Crippen molar-refractivity contribution in [3.63, 3.8) is 0 Å². The third-order valence-corrected chi connectivity index (χ3v) is 6.77. The van der Waals surface area contributed by atoms with E-state index < -0.39 is 47.8 Å². The van der Waals surface area contributed by atoms with Gasteiger partial charge in [0.05, 0.1) is 0 Å². The van der Waals surface area contributed by atoms with Crippen molar-refractivity contribution in [1.29, 1.82) is 0 Å². The van der Waals surface area contributed by atoms with Crippen molar-refractivity contribution in [2.24, 2.45) is 11.7 Å². The molecule has 2 fully saturated rings. The molecule has 13 heteroatoms. The minimum absolute atomic E-state index is 0.00630. The molecule has 0 saturated carbocycles. The van der Waals surface area contributed by atoms with Gasteiger partial charge in [0, 0.05) is 25.7 Å². The number of nitrogens with zero attached hydrogens (tertiary/aromatic N) is 2. The first-order valence-electron chi connectivity index (χ1n) is 13.3. The summed E-state index contributed by atoms with van der Waals surface area (Å²) in [6.45, 7) is 4.17. The van der Waals surface area contributed by atoms with Crippen LogP contribution in [-0.4, -0.2) is 82.6 Å². The van der Waals surface area contributed by atoms with Gasteiger partial charge in [-0.15, -0.1) is 0 Å². The second-order valence-corrected chi connectivity index (χ2v) is 10.3. The fraction of sp³-hybridized carbons (Fsp3) is 0.577. The van der Waals surface area contributed by atoms with E-state index in [-0.39, 0.29) is 55.7 Å². The number of primary amides is 1. The molecule has 212 valence electrons. The Bertz CT molecular complexity index is 1080. The molecule has 2 aliphatic heterocycles. The molecule has 6 N–H and O–H groups in total. The van der Waals surface area contributed by atoms with Crippen LogP contribution in [0.4, 0.5) is 0 Å². The second kappa shape index (κ2) is 13.7. The van der Waals surface area contributed by atoms with E-state index in [4.69, 9.17) is 5.73 Å². The Labute approximate surface area is 227 Å². The summed E-state index contributed by atoms with van der Waals surface area (Å²) in [7, 11) is 0. The fourth-order valence-electron chi connectivity index (χ4n) is 4.74. The van der Waals surface area contributed by atoms with Gasteiger partial charge >= 0.3 is 0 Å². The Balaban J connectivity index is 1.88. The molecular weight excluding hydrogens is 506 g/mol. The number of nitrogens with two attached hydrogens (primary N) is 1. The number of aromatic nitrogens is 1. The van der Waals surface area contributed by atoms with Crippen molar-refractivity contribution in [3.05, 3.63) is 30.1 Å². The van der Waals surface area contributed by atoms with E-state index in [1.165, 1.54) is 17.2 Å². The predicted octanol–water partition coefficient (Wildman–Crippen LogP) is -1.03. The number of carbonyl (C=O) groups excluding carboxylic acids is 6. The predicted molar refractivity (Wildman–Crippen MR) is 140 cm³/mol. The lowest BCUT2D eigenvalue weighted by Gasteiger charge is -2.28. The molecule has 13 nitrogen and oxygen atoms in total. The first kappa shape index (κ1) is 29.5. The first-order valence-corrected chi connectivity index (χ1v) is 13.3. The SMILES string of the molecule is CC(C)C[C@@H]1NC(=O)[C@@H](NC(=O)c2ccccn2)CCNC(=O)[C@H]2CCCN2C(=O)CC[C@@H](C(N)=O)NC1=O. The van der Waals surface area contributed by atoms with Gasteiger partial charge in [-0.05, 0) is 50.2 Å². The number of hydrogen-bond donors (Lipinski definition) is 5. The maximum atomic E-state index is 13.4. The van der Waals surface area contributed by atoms with Crippen LogP contribution in [-0.2, 0) is 24.0 Å². The van der Waals surface area contributed by atoms with Crippen LogP contribution in [0.1, 0.15) is 62.9 Å². The molecule has 0 aromatic carbocycles. The third-order valence-electron chi connectivity index (χ3n) is 6.77. The molecule has 1 aromatic rings. The average molecular weight is 544 g/mol. The highest BCUT2D eigenvalue weighted by Gasteiger charge is 2.35. The van der Waals surface area contributed by atoms with Crippen molar-refractivity contribution >= 4 is 35.4 Å². The van der Waals surface area contributed by atoms with E-state index in [2.05, 4.69) is 26.3 Å². The number of nitrogens with one attached hydrogen (secondary N) is 4. The van der Waals surface area contributed by atoms with Gasteiger partial charge in [-0.1, -0.05) is 19.9 Å². The molecular formula is C26H37N7O6. The molecule has 0 spiro atoms. The van der Waals surface area contributed by atoms with Gasteiger partial charge in [-0.2, -0.15) is 0 Å². The number of hydrogen-bond acceptors (Lipinski definition) is 7.